The number of benzene rings is 4. The second kappa shape index (κ2) is 13.7. The fraction of sp³-hybridized carbons (Fsp3) is 0.194. The van der Waals surface area contributed by atoms with Crippen LogP contribution in [0.3, 0.4) is 0 Å². The van der Waals surface area contributed by atoms with E-state index in [9.17, 15) is 9.59 Å². The van der Waals surface area contributed by atoms with Crippen LogP contribution in [0.2, 0.25) is 0 Å². The van der Waals surface area contributed by atoms with Crippen LogP contribution in [0.15, 0.2) is 101 Å². The van der Waals surface area contributed by atoms with E-state index in [4.69, 9.17) is 24.0 Å². The molecule has 0 aliphatic heterocycles. The van der Waals surface area contributed by atoms with E-state index in [1.807, 2.05) is 75.4 Å². The van der Waals surface area contributed by atoms with Crippen LogP contribution >= 0.6 is 0 Å². The number of nitrogens with zero attached hydrogens (tertiary/aromatic N) is 2. The van der Waals surface area contributed by atoms with E-state index < -0.39 is 12.6 Å². The number of ether oxygens (including phenoxy) is 2. The molecule has 4 aromatic carbocycles. The first-order valence-electron chi connectivity index (χ1n) is 14.5. The van der Waals surface area contributed by atoms with Gasteiger partial charge in [-0.05, 0) is 67.8 Å². The van der Waals surface area contributed by atoms with Crippen molar-refractivity contribution < 1.29 is 28.6 Å². The van der Waals surface area contributed by atoms with E-state index >= 15 is 0 Å². The summed E-state index contributed by atoms with van der Waals surface area (Å²) < 4.78 is 17.6. The van der Waals surface area contributed by atoms with Gasteiger partial charge in [0.15, 0.2) is 19.0 Å². The summed E-state index contributed by atoms with van der Waals surface area (Å²) in [5.41, 5.74) is 5.89. The summed E-state index contributed by atoms with van der Waals surface area (Å²) in [6.45, 7) is 6.69. The molecule has 5 rings (SSSR count). The molecule has 0 saturated heterocycles. The molecular weight excluding hydrogens is 556 g/mol. The molecule has 8 heteroatoms. The molecule has 1 amide bonds. The molecule has 44 heavy (non-hydrogen) atoms. The molecule has 0 spiro atoms. The Balaban J connectivity index is 1.43. The molecule has 1 heterocycles. The molecular formula is C36H34N2O6. The van der Waals surface area contributed by atoms with E-state index in [2.05, 4.69) is 24.3 Å². The van der Waals surface area contributed by atoms with Crippen molar-refractivity contribution in [3.05, 3.63) is 114 Å². The lowest BCUT2D eigenvalue weighted by molar-refractivity contribution is -0.139. The van der Waals surface area contributed by atoms with Gasteiger partial charge in [-0.25, -0.2) is 9.78 Å². The van der Waals surface area contributed by atoms with Crippen LogP contribution in [0.1, 0.15) is 35.7 Å². The van der Waals surface area contributed by atoms with Gasteiger partial charge in [-0.1, -0.05) is 66.7 Å². The van der Waals surface area contributed by atoms with E-state index in [0.29, 0.717) is 47.5 Å². The van der Waals surface area contributed by atoms with E-state index in [1.165, 1.54) is 0 Å². The summed E-state index contributed by atoms with van der Waals surface area (Å²) >= 11 is 0. The SMILES string of the molecule is CCN(CC)C(=O)c1ccc(-c2nc(COc3ccc(OCC(=O)O)c(C)c3)oc2-c2ccc(-c3ccccc3)cc2)cc1. The molecule has 0 atom stereocenters. The number of aromatic nitrogens is 1. The first-order valence-corrected chi connectivity index (χ1v) is 14.5. The smallest absolute Gasteiger partial charge is 0.341 e. The van der Waals surface area contributed by atoms with Gasteiger partial charge in [0.2, 0.25) is 5.89 Å². The van der Waals surface area contributed by atoms with Crippen molar-refractivity contribution in [2.45, 2.75) is 27.4 Å². The van der Waals surface area contributed by atoms with E-state index in [0.717, 1.165) is 27.8 Å². The van der Waals surface area contributed by atoms with Crippen LogP contribution in [0.25, 0.3) is 33.7 Å². The molecule has 5 aromatic rings. The maximum absolute atomic E-state index is 12.9. The molecule has 1 aromatic heterocycles. The minimum atomic E-state index is -1.04. The second-order valence-electron chi connectivity index (χ2n) is 10.2. The molecule has 0 bridgehead atoms. The van der Waals surface area contributed by atoms with Gasteiger partial charge in [-0.2, -0.15) is 0 Å². The molecule has 0 fully saturated rings. The third-order valence-electron chi connectivity index (χ3n) is 7.24. The number of carbonyl (C=O) groups excluding carboxylic acids is 1. The van der Waals surface area contributed by atoms with Gasteiger partial charge in [0, 0.05) is 29.8 Å². The van der Waals surface area contributed by atoms with Crippen molar-refractivity contribution in [1.82, 2.24) is 9.88 Å². The molecule has 1 N–H and O–H groups in total. The monoisotopic (exact) mass is 590 g/mol. The van der Waals surface area contributed by atoms with Crippen LogP contribution < -0.4 is 9.47 Å². The number of carboxylic acid groups (broad SMARTS) is 1. The van der Waals surface area contributed by atoms with Crippen molar-refractivity contribution in [2.75, 3.05) is 19.7 Å². The summed E-state index contributed by atoms with van der Waals surface area (Å²) in [6.07, 6.45) is 0. The van der Waals surface area contributed by atoms with Crippen molar-refractivity contribution in [3.63, 3.8) is 0 Å². The predicted molar refractivity (Wildman–Crippen MR) is 169 cm³/mol. The summed E-state index contributed by atoms with van der Waals surface area (Å²) in [7, 11) is 0. The van der Waals surface area contributed by atoms with Crippen molar-refractivity contribution in [2.24, 2.45) is 0 Å². The fourth-order valence-corrected chi connectivity index (χ4v) is 4.88. The van der Waals surface area contributed by atoms with E-state index in [1.54, 1.807) is 23.1 Å². The Labute approximate surface area is 256 Å². The normalized spacial score (nSPS) is 10.8. The zero-order chi connectivity index (χ0) is 31.1. The Morgan fingerprint density at radius 1 is 0.795 bits per heavy atom. The van der Waals surface area contributed by atoms with Crippen molar-refractivity contribution in [3.8, 4) is 45.2 Å². The zero-order valence-corrected chi connectivity index (χ0v) is 24.9. The van der Waals surface area contributed by atoms with E-state index in [-0.39, 0.29) is 12.5 Å². The first kappa shape index (κ1) is 30.1. The lowest BCUT2D eigenvalue weighted by Crippen LogP contribution is -2.30. The van der Waals surface area contributed by atoms with Crippen molar-refractivity contribution >= 4 is 11.9 Å². The number of aryl methyl sites for hydroxylation is 1. The highest BCUT2D eigenvalue weighted by Crippen LogP contribution is 2.35. The Morgan fingerprint density at radius 2 is 1.43 bits per heavy atom. The van der Waals surface area contributed by atoms with Crippen LogP contribution in [0.5, 0.6) is 11.5 Å². The standard InChI is InChI=1S/C36H34N2O6/c1-4-38(5-2)36(41)29-17-13-27(14-18-29)34-35(28-15-11-26(12-16-28)25-9-7-6-8-10-25)44-32(37-34)22-42-30-19-20-31(24(3)21-30)43-23-33(39)40/h6-21H,4-5,22-23H2,1-3H3,(H,39,40). The Morgan fingerprint density at radius 3 is 2.07 bits per heavy atom. The van der Waals surface area contributed by atoms with Gasteiger partial charge < -0.3 is 23.9 Å². The quantitative estimate of drug-likeness (QED) is 0.160. The molecule has 0 saturated carbocycles. The van der Waals surface area contributed by atoms with Crippen LogP contribution in [-0.4, -0.2) is 46.6 Å². The number of rotatable bonds is 12. The molecule has 0 aliphatic rings. The number of carbonyl (C=O) groups is 2. The number of carboxylic acids is 1. The maximum Gasteiger partial charge on any atom is 0.341 e. The summed E-state index contributed by atoms with van der Waals surface area (Å²) in [4.78, 5) is 30.3. The van der Waals surface area contributed by atoms with Crippen molar-refractivity contribution in [1.29, 1.82) is 0 Å². The average Bonchev–Trinajstić information content (AvgIpc) is 3.48. The summed E-state index contributed by atoms with van der Waals surface area (Å²) in [6, 6.07) is 30.8. The lowest BCUT2D eigenvalue weighted by atomic mass is 10.0. The average molecular weight is 591 g/mol. The van der Waals surface area contributed by atoms with Crippen LogP contribution in [-0.2, 0) is 11.4 Å². The largest absolute Gasteiger partial charge is 0.484 e. The Hall–Kier alpha value is -5.37. The highest BCUT2D eigenvalue weighted by atomic mass is 16.5. The number of hydrogen-bond acceptors (Lipinski definition) is 6. The number of amides is 1. The Bertz CT molecular complexity index is 1720. The highest BCUT2D eigenvalue weighted by molar-refractivity contribution is 5.95. The Kier molecular flexibility index (Phi) is 9.40. The van der Waals surface area contributed by atoms with Gasteiger partial charge in [0.05, 0.1) is 0 Å². The fourth-order valence-electron chi connectivity index (χ4n) is 4.88. The summed E-state index contributed by atoms with van der Waals surface area (Å²) in [5.74, 6) is 0.969. The minimum absolute atomic E-state index is 0.0119. The minimum Gasteiger partial charge on any atom is -0.484 e. The maximum atomic E-state index is 12.9. The third-order valence-corrected chi connectivity index (χ3v) is 7.24. The lowest BCUT2D eigenvalue weighted by Gasteiger charge is -2.18. The second-order valence-corrected chi connectivity index (χ2v) is 10.2. The highest BCUT2D eigenvalue weighted by Gasteiger charge is 2.19. The van der Waals surface area contributed by atoms with Gasteiger partial charge in [0.25, 0.3) is 5.91 Å². The van der Waals surface area contributed by atoms with Gasteiger partial charge in [-0.15, -0.1) is 0 Å². The third kappa shape index (κ3) is 6.98. The molecule has 0 aliphatic carbocycles. The van der Waals surface area contributed by atoms with Gasteiger partial charge in [0.1, 0.15) is 17.2 Å². The van der Waals surface area contributed by atoms with Gasteiger partial charge >= 0.3 is 5.97 Å². The van der Waals surface area contributed by atoms with Crippen LogP contribution in [0.4, 0.5) is 0 Å². The first-order chi connectivity index (χ1) is 21.4. The molecule has 0 radical (unpaired) electrons. The zero-order valence-electron chi connectivity index (χ0n) is 24.9. The topological polar surface area (TPSA) is 102 Å². The molecule has 0 unspecified atom stereocenters. The molecule has 224 valence electrons. The summed E-state index contributed by atoms with van der Waals surface area (Å²) in [5, 5.41) is 8.88. The van der Waals surface area contributed by atoms with Crippen LogP contribution in [0, 0.1) is 6.92 Å². The van der Waals surface area contributed by atoms with Gasteiger partial charge in [-0.3, -0.25) is 4.79 Å². The number of aliphatic carboxylic acids is 1. The molecule has 8 nitrogen and oxygen atoms in total. The predicted octanol–water partition coefficient (Wildman–Crippen LogP) is 7.51. The number of hydrogen-bond donors (Lipinski definition) is 1. The number of oxazole rings is 1.